The van der Waals surface area contributed by atoms with Crippen molar-refractivity contribution >= 4 is 21.6 Å². The number of nitrogens with zero attached hydrogens (tertiary/aromatic N) is 1. The molecule has 0 unspecified atom stereocenters. The molecule has 0 aliphatic rings. The Morgan fingerprint density at radius 1 is 1.19 bits per heavy atom. The average molecular weight is 347 g/mol. The van der Waals surface area contributed by atoms with Gasteiger partial charge in [-0.2, -0.15) is 5.26 Å². The number of hydrogen-bond donors (Lipinski definition) is 1. The second-order valence-corrected chi connectivity index (χ2v) is 6.32. The summed E-state index contributed by atoms with van der Waals surface area (Å²) < 4.78 is 14.5. The van der Waals surface area contributed by atoms with E-state index >= 15 is 0 Å². The molecule has 0 amide bonds. The number of hydrogen-bond acceptors (Lipinski definition) is 2. The molecule has 2 nitrogen and oxygen atoms in total. The Morgan fingerprint density at radius 2 is 1.86 bits per heavy atom. The zero-order valence-corrected chi connectivity index (χ0v) is 13.5. The smallest absolute Gasteiger partial charge is 0.128 e. The molecule has 0 heterocycles. The fourth-order valence-electron chi connectivity index (χ4n) is 1.95. The normalized spacial score (nSPS) is 11.0. The number of anilines is 1. The molecule has 0 atom stereocenters. The molecule has 21 heavy (non-hydrogen) atoms. The Hall–Kier alpha value is -1.86. The van der Waals surface area contributed by atoms with Gasteiger partial charge in [-0.05, 0) is 49.7 Å². The zero-order chi connectivity index (χ0) is 15.5. The summed E-state index contributed by atoms with van der Waals surface area (Å²) in [5.41, 5.74) is 1.96. The van der Waals surface area contributed by atoms with Crippen molar-refractivity contribution in [2.75, 3.05) is 5.32 Å². The minimum absolute atomic E-state index is 0.229. The molecule has 0 saturated heterocycles. The van der Waals surface area contributed by atoms with E-state index < -0.39 is 5.41 Å². The van der Waals surface area contributed by atoms with Gasteiger partial charge in [0.25, 0.3) is 0 Å². The maximum Gasteiger partial charge on any atom is 0.128 e. The van der Waals surface area contributed by atoms with E-state index in [9.17, 15) is 4.39 Å². The van der Waals surface area contributed by atoms with E-state index in [0.717, 1.165) is 15.7 Å². The van der Waals surface area contributed by atoms with Crippen LogP contribution in [0.4, 0.5) is 10.1 Å². The highest BCUT2D eigenvalue weighted by Gasteiger charge is 2.19. The molecule has 0 bridgehead atoms. The van der Waals surface area contributed by atoms with E-state index in [4.69, 9.17) is 5.26 Å². The molecule has 0 aromatic heterocycles. The molecular formula is C17H16BrFN2. The van der Waals surface area contributed by atoms with E-state index in [1.807, 2.05) is 38.1 Å². The second-order valence-electron chi connectivity index (χ2n) is 5.40. The maximum absolute atomic E-state index is 13.6. The molecule has 0 spiro atoms. The van der Waals surface area contributed by atoms with Gasteiger partial charge < -0.3 is 5.32 Å². The van der Waals surface area contributed by atoms with Crippen LogP contribution in [-0.2, 0) is 12.0 Å². The first kappa shape index (κ1) is 15.5. The minimum atomic E-state index is -0.505. The van der Waals surface area contributed by atoms with Crippen LogP contribution in [0.1, 0.15) is 25.0 Å². The Bertz CT molecular complexity index is 672. The van der Waals surface area contributed by atoms with Gasteiger partial charge in [-0.1, -0.05) is 28.1 Å². The van der Waals surface area contributed by atoms with Crippen molar-refractivity contribution in [2.24, 2.45) is 0 Å². The summed E-state index contributed by atoms with van der Waals surface area (Å²) in [4.78, 5) is 0. The highest BCUT2D eigenvalue weighted by Crippen LogP contribution is 2.24. The van der Waals surface area contributed by atoms with Crippen LogP contribution in [0.5, 0.6) is 0 Å². The van der Waals surface area contributed by atoms with Crippen molar-refractivity contribution in [3.8, 4) is 6.07 Å². The quantitative estimate of drug-likeness (QED) is 0.845. The summed E-state index contributed by atoms with van der Waals surface area (Å²) in [5, 5.41) is 12.3. The summed E-state index contributed by atoms with van der Waals surface area (Å²) in [5.74, 6) is -0.229. The third-order valence-corrected chi connectivity index (χ3v) is 3.87. The lowest BCUT2D eigenvalue weighted by Gasteiger charge is -2.16. The molecule has 2 aromatic carbocycles. The van der Waals surface area contributed by atoms with Crippen LogP contribution in [0.25, 0.3) is 0 Å². The van der Waals surface area contributed by atoms with Crippen molar-refractivity contribution < 1.29 is 4.39 Å². The van der Waals surface area contributed by atoms with Crippen LogP contribution < -0.4 is 5.32 Å². The lowest BCUT2D eigenvalue weighted by Crippen LogP contribution is -2.13. The van der Waals surface area contributed by atoms with E-state index in [1.54, 1.807) is 12.1 Å². The van der Waals surface area contributed by atoms with Gasteiger partial charge in [-0.25, -0.2) is 4.39 Å². The first-order chi connectivity index (χ1) is 9.92. The molecule has 2 rings (SSSR count). The zero-order valence-electron chi connectivity index (χ0n) is 12.0. The monoisotopic (exact) mass is 346 g/mol. The van der Waals surface area contributed by atoms with Crippen LogP contribution in [0.15, 0.2) is 46.9 Å². The van der Waals surface area contributed by atoms with Crippen LogP contribution in [0, 0.1) is 17.1 Å². The Kier molecular flexibility index (Phi) is 4.64. The molecule has 0 aliphatic heterocycles. The fraction of sp³-hybridized carbons (Fsp3) is 0.235. The largest absolute Gasteiger partial charge is 0.381 e. The highest BCUT2D eigenvalue weighted by atomic mass is 79.9. The third kappa shape index (κ3) is 3.83. The number of rotatable bonds is 4. The molecule has 0 aliphatic carbocycles. The summed E-state index contributed by atoms with van der Waals surface area (Å²) in [6, 6.07) is 14.8. The summed E-state index contributed by atoms with van der Waals surface area (Å²) in [6.07, 6.45) is 0. The fourth-order valence-corrected chi connectivity index (χ4v) is 2.35. The van der Waals surface area contributed by atoms with Crippen LogP contribution in [0.2, 0.25) is 0 Å². The predicted molar refractivity (Wildman–Crippen MR) is 86.5 cm³/mol. The van der Waals surface area contributed by atoms with Crippen molar-refractivity contribution in [1.29, 1.82) is 5.26 Å². The van der Waals surface area contributed by atoms with Gasteiger partial charge in [0.15, 0.2) is 0 Å². The Labute approximate surface area is 132 Å². The van der Waals surface area contributed by atoms with Gasteiger partial charge in [0.05, 0.1) is 11.5 Å². The van der Waals surface area contributed by atoms with Crippen molar-refractivity contribution in [3.05, 3.63) is 63.9 Å². The summed E-state index contributed by atoms with van der Waals surface area (Å²) >= 11 is 3.34. The molecule has 0 radical (unpaired) electrons. The Morgan fingerprint density at radius 3 is 2.48 bits per heavy atom. The van der Waals surface area contributed by atoms with Gasteiger partial charge in [0.2, 0.25) is 0 Å². The molecular weight excluding hydrogens is 331 g/mol. The van der Waals surface area contributed by atoms with Crippen molar-refractivity contribution in [3.63, 3.8) is 0 Å². The van der Waals surface area contributed by atoms with Gasteiger partial charge in [-0.3, -0.25) is 0 Å². The Balaban J connectivity index is 2.08. The van der Waals surface area contributed by atoms with Crippen LogP contribution in [0.3, 0.4) is 0 Å². The van der Waals surface area contributed by atoms with Gasteiger partial charge >= 0.3 is 0 Å². The molecule has 4 heteroatoms. The first-order valence-electron chi connectivity index (χ1n) is 6.62. The standard InChI is InChI=1S/C17H16BrFN2/c1-17(2,11-20)13-3-6-15(7-4-13)21-10-12-9-14(18)5-8-16(12)19/h3-9,21H,10H2,1-2H3. The van der Waals surface area contributed by atoms with E-state index in [-0.39, 0.29) is 5.82 Å². The molecule has 1 N–H and O–H groups in total. The topological polar surface area (TPSA) is 35.8 Å². The number of nitriles is 1. The van der Waals surface area contributed by atoms with Crippen molar-refractivity contribution in [1.82, 2.24) is 0 Å². The summed E-state index contributed by atoms with van der Waals surface area (Å²) in [7, 11) is 0. The lowest BCUT2D eigenvalue weighted by atomic mass is 9.86. The molecule has 0 fully saturated rings. The number of nitrogens with one attached hydrogen (secondary N) is 1. The predicted octanol–water partition coefficient (Wildman–Crippen LogP) is 5.00. The highest BCUT2D eigenvalue weighted by molar-refractivity contribution is 9.10. The van der Waals surface area contributed by atoms with E-state index in [2.05, 4.69) is 27.3 Å². The molecule has 2 aromatic rings. The SMILES string of the molecule is CC(C)(C#N)c1ccc(NCc2cc(Br)ccc2F)cc1. The second kappa shape index (κ2) is 6.28. The summed E-state index contributed by atoms with van der Waals surface area (Å²) in [6.45, 7) is 4.17. The number of halogens is 2. The molecule has 0 saturated carbocycles. The van der Waals surface area contributed by atoms with Crippen LogP contribution >= 0.6 is 15.9 Å². The van der Waals surface area contributed by atoms with E-state index in [0.29, 0.717) is 12.1 Å². The lowest BCUT2D eigenvalue weighted by molar-refractivity contribution is 0.612. The van der Waals surface area contributed by atoms with Gasteiger partial charge in [0.1, 0.15) is 5.82 Å². The van der Waals surface area contributed by atoms with E-state index in [1.165, 1.54) is 6.07 Å². The number of benzene rings is 2. The molecule has 108 valence electrons. The van der Waals surface area contributed by atoms with Crippen molar-refractivity contribution in [2.45, 2.75) is 25.8 Å². The first-order valence-corrected chi connectivity index (χ1v) is 7.41. The van der Waals surface area contributed by atoms with Gasteiger partial charge in [0, 0.05) is 22.3 Å². The van der Waals surface area contributed by atoms with Gasteiger partial charge in [-0.15, -0.1) is 0 Å². The minimum Gasteiger partial charge on any atom is -0.381 e. The third-order valence-electron chi connectivity index (χ3n) is 3.38. The maximum atomic E-state index is 13.6. The van der Waals surface area contributed by atoms with Crippen LogP contribution in [-0.4, -0.2) is 0 Å². The average Bonchev–Trinajstić information content (AvgIpc) is 2.48.